The highest BCUT2D eigenvalue weighted by molar-refractivity contribution is 7.98. The van der Waals surface area contributed by atoms with Gasteiger partial charge in [0.05, 0.1) is 5.02 Å². The van der Waals surface area contributed by atoms with Gasteiger partial charge in [0, 0.05) is 16.6 Å². The van der Waals surface area contributed by atoms with Crippen LogP contribution in [-0.4, -0.2) is 27.2 Å². The molecule has 0 aliphatic carbocycles. The van der Waals surface area contributed by atoms with Crippen molar-refractivity contribution in [1.82, 2.24) is 15.0 Å². The number of hydrogen-bond donors (Lipinski definition) is 1. The second-order valence-corrected chi connectivity index (χ2v) is 6.01. The van der Waals surface area contributed by atoms with Crippen LogP contribution in [0.5, 0.6) is 0 Å². The topological polar surface area (TPSA) is 50.7 Å². The highest BCUT2D eigenvalue weighted by Gasteiger charge is 2.12. The van der Waals surface area contributed by atoms with E-state index in [2.05, 4.69) is 20.3 Å². The Hall–Kier alpha value is -1.04. The van der Waals surface area contributed by atoms with Crippen molar-refractivity contribution in [3.05, 3.63) is 28.2 Å². The van der Waals surface area contributed by atoms with Crippen molar-refractivity contribution < 1.29 is 0 Å². The molecule has 0 amide bonds. The highest BCUT2D eigenvalue weighted by Crippen LogP contribution is 2.29. The Morgan fingerprint density at radius 1 is 1.15 bits per heavy atom. The molecular formula is C13H14Cl2N4S. The maximum atomic E-state index is 6.21. The molecular weight excluding hydrogens is 315 g/mol. The lowest BCUT2D eigenvalue weighted by molar-refractivity contribution is 0.839. The summed E-state index contributed by atoms with van der Waals surface area (Å²) in [5.74, 6) is 1.08. The second kappa shape index (κ2) is 6.61. The molecule has 0 atom stereocenters. The Labute approximate surface area is 132 Å². The molecule has 1 heterocycles. The molecule has 0 saturated heterocycles. The zero-order chi connectivity index (χ0) is 14.7. The van der Waals surface area contributed by atoms with Gasteiger partial charge in [0.15, 0.2) is 11.0 Å². The molecule has 0 radical (unpaired) electrons. The minimum Gasteiger partial charge on any atom is -0.352 e. The fraction of sp³-hybridized carbons (Fsp3) is 0.308. The van der Waals surface area contributed by atoms with Crippen LogP contribution in [0.1, 0.15) is 13.8 Å². The normalized spacial score (nSPS) is 10.9. The number of thioether (sulfide) groups is 1. The van der Waals surface area contributed by atoms with Gasteiger partial charge in [0.2, 0.25) is 5.95 Å². The number of rotatable bonds is 4. The van der Waals surface area contributed by atoms with Gasteiger partial charge >= 0.3 is 0 Å². The van der Waals surface area contributed by atoms with Gasteiger partial charge in [-0.15, -0.1) is 0 Å². The lowest BCUT2D eigenvalue weighted by Crippen LogP contribution is -2.13. The predicted octanol–water partition coefficient (Wildman–Crippen LogP) is 4.39. The molecule has 1 N–H and O–H groups in total. The van der Waals surface area contributed by atoms with E-state index in [-0.39, 0.29) is 6.04 Å². The number of hydrogen-bond acceptors (Lipinski definition) is 5. The van der Waals surface area contributed by atoms with Crippen LogP contribution in [-0.2, 0) is 0 Å². The average Bonchev–Trinajstić information content (AvgIpc) is 2.37. The molecule has 106 valence electrons. The van der Waals surface area contributed by atoms with Crippen LogP contribution in [0.4, 0.5) is 5.95 Å². The lowest BCUT2D eigenvalue weighted by atomic mass is 10.2. The van der Waals surface area contributed by atoms with E-state index in [4.69, 9.17) is 23.2 Å². The van der Waals surface area contributed by atoms with E-state index in [1.165, 1.54) is 11.8 Å². The molecule has 2 rings (SSSR count). The van der Waals surface area contributed by atoms with Gasteiger partial charge in [-0.05, 0) is 38.3 Å². The van der Waals surface area contributed by atoms with Crippen LogP contribution in [0, 0.1) is 0 Å². The third kappa shape index (κ3) is 3.75. The molecule has 0 unspecified atom stereocenters. The number of halogens is 2. The molecule has 1 aromatic heterocycles. The molecule has 0 aliphatic rings. The van der Waals surface area contributed by atoms with Gasteiger partial charge in [-0.1, -0.05) is 35.0 Å². The van der Waals surface area contributed by atoms with Gasteiger partial charge in [-0.25, -0.2) is 4.98 Å². The van der Waals surface area contributed by atoms with Gasteiger partial charge in [-0.3, -0.25) is 0 Å². The SMILES string of the molecule is CSc1nc(NC(C)C)nc(-c2ccc(Cl)cc2Cl)n1. The van der Waals surface area contributed by atoms with Crippen LogP contribution in [0.3, 0.4) is 0 Å². The molecule has 0 spiro atoms. The Bertz CT molecular complexity index is 619. The van der Waals surface area contributed by atoms with Crippen LogP contribution in [0.2, 0.25) is 10.0 Å². The van der Waals surface area contributed by atoms with Crippen molar-refractivity contribution in [3.8, 4) is 11.4 Å². The Kier molecular flexibility index (Phi) is 5.07. The number of benzene rings is 1. The summed E-state index contributed by atoms with van der Waals surface area (Å²) in [5.41, 5.74) is 0.737. The van der Waals surface area contributed by atoms with E-state index in [1.807, 2.05) is 26.2 Å². The molecule has 0 fully saturated rings. The van der Waals surface area contributed by atoms with Crippen molar-refractivity contribution in [1.29, 1.82) is 0 Å². The monoisotopic (exact) mass is 328 g/mol. The Morgan fingerprint density at radius 3 is 2.50 bits per heavy atom. The predicted molar refractivity (Wildman–Crippen MR) is 85.8 cm³/mol. The summed E-state index contributed by atoms with van der Waals surface area (Å²) in [4.78, 5) is 13.1. The molecule has 2 aromatic rings. The number of aromatic nitrogens is 3. The molecule has 20 heavy (non-hydrogen) atoms. The first-order valence-corrected chi connectivity index (χ1v) is 7.99. The maximum absolute atomic E-state index is 6.21. The van der Waals surface area contributed by atoms with Crippen LogP contribution >= 0.6 is 35.0 Å². The molecule has 0 aliphatic heterocycles. The van der Waals surface area contributed by atoms with Crippen molar-refractivity contribution in [2.24, 2.45) is 0 Å². The first kappa shape index (κ1) is 15.4. The van der Waals surface area contributed by atoms with Gasteiger partial charge in [0.25, 0.3) is 0 Å². The third-order valence-corrected chi connectivity index (χ3v) is 3.48. The van der Waals surface area contributed by atoms with Crippen LogP contribution in [0.25, 0.3) is 11.4 Å². The first-order valence-electron chi connectivity index (χ1n) is 6.01. The lowest BCUT2D eigenvalue weighted by Gasteiger charge is -2.11. The third-order valence-electron chi connectivity index (χ3n) is 2.39. The van der Waals surface area contributed by atoms with Gasteiger partial charge in [-0.2, -0.15) is 9.97 Å². The van der Waals surface area contributed by atoms with Gasteiger partial charge in [0.1, 0.15) is 0 Å². The summed E-state index contributed by atoms with van der Waals surface area (Å²) in [6, 6.07) is 5.49. The number of anilines is 1. The fourth-order valence-electron chi connectivity index (χ4n) is 1.56. The largest absolute Gasteiger partial charge is 0.352 e. The zero-order valence-corrected chi connectivity index (χ0v) is 13.6. The molecule has 0 bridgehead atoms. The minimum absolute atomic E-state index is 0.237. The summed E-state index contributed by atoms with van der Waals surface area (Å²) in [5, 5.41) is 4.92. The average molecular weight is 329 g/mol. The molecule has 7 heteroatoms. The zero-order valence-electron chi connectivity index (χ0n) is 11.3. The summed E-state index contributed by atoms with van der Waals surface area (Å²) < 4.78 is 0. The highest BCUT2D eigenvalue weighted by atomic mass is 35.5. The summed E-state index contributed by atoms with van der Waals surface area (Å²) in [6.45, 7) is 4.05. The number of nitrogens with one attached hydrogen (secondary N) is 1. The van der Waals surface area contributed by atoms with E-state index >= 15 is 0 Å². The maximum Gasteiger partial charge on any atom is 0.227 e. The molecule has 0 saturated carbocycles. The van der Waals surface area contributed by atoms with Crippen molar-refractivity contribution in [2.75, 3.05) is 11.6 Å². The minimum atomic E-state index is 0.237. The van der Waals surface area contributed by atoms with Crippen LogP contribution < -0.4 is 5.32 Å². The second-order valence-electron chi connectivity index (χ2n) is 4.39. The summed E-state index contributed by atoms with van der Waals surface area (Å²) in [7, 11) is 0. The van der Waals surface area contributed by atoms with E-state index in [0.29, 0.717) is 27.0 Å². The van der Waals surface area contributed by atoms with E-state index in [9.17, 15) is 0 Å². The standard InChI is InChI=1S/C13H14Cl2N4S/c1-7(2)16-12-17-11(18-13(19-12)20-3)9-5-4-8(14)6-10(9)15/h4-7H,1-3H3,(H,16,17,18,19). The van der Waals surface area contributed by atoms with E-state index in [0.717, 1.165) is 5.56 Å². The van der Waals surface area contributed by atoms with Crippen molar-refractivity contribution in [3.63, 3.8) is 0 Å². The van der Waals surface area contributed by atoms with Crippen molar-refractivity contribution in [2.45, 2.75) is 25.0 Å². The molecule has 1 aromatic carbocycles. The first-order chi connectivity index (χ1) is 9.49. The quantitative estimate of drug-likeness (QED) is 0.843. The van der Waals surface area contributed by atoms with Gasteiger partial charge < -0.3 is 5.32 Å². The Balaban J connectivity index is 2.49. The summed E-state index contributed by atoms with van der Waals surface area (Å²) >= 11 is 13.6. The molecule has 4 nitrogen and oxygen atoms in total. The van der Waals surface area contributed by atoms with Crippen LogP contribution in [0.15, 0.2) is 23.4 Å². The Morgan fingerprint density at radius 2 is 1.90 bits per heavy atom. The number of nitrogens with zero attached hydrogens (tertiary/aromatic N) is 3. The van der Waals surface area contributed by atoms with Crippen molar-refractivity contribution >= 4 is 40.9 Å². The van der Waals surface area contributed by atoms with E-state index < -0.39 is 0 Å². The van der Waals surface area contributed by atoms with E-state index in [1.54, 1.807) is 12.1 Å². The smallest absolute Gasteiger partial charge is 0.227 e. The fourth-order valence-corrected chi connectivity index (χ4v) is 2.41. The summed E-state index contributed by atoms with van der Waals surface area (Å²) in [6.07, 6.45) is 1.92.